The smallest absolute Gasteiger partial charge is 0.277 e. The molecule has 2 N–H and O–H groups in total. The van der Waals surface area contributed by atoms with Gasteiger partial charge in [-0.2, -0.15) is 10.2 Å². The zero-order chi connectivity index (χ0) is 22.1. The van der Waals surface area contributed by atoms with Crippen LogP contribution < -0.4 is 10.6 Å². The molecule has 0 saturated carbocycles. The summed E-state index contributed by atoms with van der Waals surface area (Å²) < 4.78 is 8.34. The van der Waals surface area contributed by atoms with Crippen LogP contribution in [0.5, 0.6) is 0 Å². The van der Waals surface area contributed by atoms with Crippen molar-refractivity contribution in [2.45, 2.75) is 13.8 Å². The molecule has 4 rings (SSSR count). The highest BCUT2D eigenvalue weighted by Crippen LogP contribution is 2.23. The van der Waals surface area contributed by atoms with Crippen LogP contribution in [-0.4, -0.2) is 36.5 Å². The van der Waals surface area contributed by atoms with Crippen LogP contribution in [0, 0.1) is 13.8 Å². The van der Waals surface area contributed by atoms with Crippen molar-refractivity contribution in [3.8, 4) is 11.3 Å². The molecular weight excluding hydrogens is 398 g/mol. The van der Waals surface area contributed by atoms with Gasteiger partial charge in [-0.15, -0.1) is 0 Å². The molecule has 0 aliphatic heterocycles. The predicted molar refractivity (Wildman–Crippen MR) is 114 cm³/mol. The van der Waals surface area contributed by atoms with E-state index in [0.29, 0.717) is 11.4 Å². The van der Waals surface area contributed by atoms with Crippen LogP contribution in [-0.2, 0) is 14.1 Å². The van der Waals surface area contributed by atoms with Gasteiger partial charge in [0.15, 0.2) is 11.5 Å². The van der Waals surface area contributed by atoms with Gasteiger partial charge >= 0.3 is 0 Å². The van der Waals surface area contributed by atoms with Crippen molar-refractivity contribution in [2.24, 2.45) is 14.1 Å². The van der Waals surface area contributed by atoms with Gasteiger partial charge in [-0.25, -0.2) is 0 Å². The van der Waals surface area contributed by atoms with Crippen molar-refractivity contribution in [1.29, 1.82) is 0 Å². The molecule has 0 bridgehead atoms. The first-order valence-electron chi connectivity index (χ1n) is 9.50. The molecule has 158 valence electrons. The predicted octanol–water partition coefficient (Wildman–Crippen LogP) is 2.93. The summed E-state index contributed by atoms with van der Waals surface area (Å²) in [4.78, 5) is 25.5. The number of anilines is 2. The Labute approximate surface area is 177 Å². The van der Waals surface area contributed by atoms with Gasteiger partial charge in [-0.1, -0.05) is 35.0 Å². The number of hydrogen-bond donors (Lipinski definition) is 2. The molecule has 0 saturated heterocycles. The van der Waals surface area contributed by atoms with Crippen LogP contribution in [0.3, 0.4) is 0 Å². The Morgan fingerprint density at radius 1 is 0.903 bits per heavy atom. The van der Waals surface area contributed by atoms with Crippen molar-refractivity contribution in [1.82, 2.24) is 24.7 Å². The minimum atomic E-state index is -0.512. The molecule has 0 radical (unpaired) electrons. The Kier molecular flexibility index (Phi) is 5.12. The lowest BCUT2D eigenvalue weighted by molar-refractivity contribution is 0.101. The van der Waals surface area contributed by atoms with E-state index in [0.717, 1.165) is 16.8 Å². The maximum Gasteiger partial charge on any atom is 0.277 e. The molecule has 0 atom stereocenters. The molecular formula is C21H21N7O3. The number of nitrogens with one attached hydrogen (secondary N) is 2. The maximum absolute atomic E-state index is 12.8. The molecule has 1 aromatic carbocycles. The Balaban J connectivity index is 1.52. The first-order valence-corrected chi connectivity index (χ1v) is 9.50. The quantitative estimate of drug-likeness (QED) is 0.513. The summed E-state index contributed by atoms with van der Waals surface area (Å²) in [6, 6.07) is 9.22. The molecule has 0 unspecified atom stereocenters. The number of benzene rings is 1. The van der Waals surface area contributed by atoms with Crippen LogP contribution in [0.1, 0.15) is 32.2 Å². The zero-order valence-corrected chi connectivity index (χ0v) is 17.5. The summed E-state index contributed by atoms with van der Waals surface area (Å²) in [7, 11) is 3.40. The highest BCUT2D eigenvalue weighted by molar-refractivity contribution is 6.11. The topological polar surface area (TPSA) is 120 Å². The third-order valence-electron chi connectivity index (χ3n) is 4.96. The van der Waals surface area contributed by atoms with E-state index < -0.39 is 11.8 Å². The maximum atomic E-state index is 12.8. The van der Waals surface area contributed by atoms with Gasteiger partial charge < -0.3 is 15.2 Å². The number of aromatic nitrogens is 5. The van der Waals surface area contributed by atoms with E-state index in [4.69, 9.17) is 4.52 Å². The van der Waals surface area contributed by atoms with Gasteiger partial charge in [0.25, 0.3) is 11.8 Å². The second kappa shape index (κ2) is 7.90. The fourth-order valence-electron chi connectivity index (χ4n) is 3.02. The fourth-order valence-corrected chi connectivity index (χ4v) is 3.02. The Morgan fingerprint density at radius 3 is 2.23 bits per heavy atom. The fraction of sp³-hybridized carbons (Fsp3) is 0.190. The van der Waals surface area contributed by atoms with Crippen molar-refractivity contribution in [3.05, 3.63) is 65.4 Å². The SMILES string of the molecule is Cc1ccc(-c2cc(C(=O)Nc3cnn(C)c3C(=O)Nc3cnn(C)c3C)no2)cc1. The zero-order valence-electron chi connectivity index (χ0n) is 17.5. The first kappa shape index (κ1) is 20.1. The third kappa shape index (κ3) is 3.95. The molecule has 0 aliphatic carbocycles. The molecule has 4 aromatic rings. The monoisotopic (exact) mass is 419 g/mol. The van der Waals surface area contributed by atoms with Gasteiger partial charge in [0, 0.05) is 25.7 Å². The number of rotatable bonds is 5. The van der Waals surface area contributed by atoms with E-state index in [1.807, 2.05) is 38.1 Å². The number of amides is 2. The minimum absolute atomic E-state index is 0.0916. The van der Waals surface area contributed by atoms with Gasteiger partial charge in [0.1, 0.15) is 5.69 Å². The highest BCUT2D eigenvalue weighted by atomic mass is 16.5. The first-order chi connectivity index (χ1) is 14.8. The van der Waals surface area contributed by atoms with Gasteiger partial charge in [0.05, 0.1) is 29.5 Å². The van der Waals surface area contributed by atoms with E-state index in [9.17, 15) is 9.59 Å². The number of carbonyl (C=O) groups is 2. The number of nitrogens with zero attached hydrogens (tertiary/aromatic N) is 5. The van der Waals surface area contributed by atoms with Crippen LogP contribution in [0.4, 0.5) is 11.4 Å². The molecule has 10 heteroatoms. The number of aryl methyl sites for hydroxylation is 3. The molecule has 2 amide bonds. The molecule has 31 heavy (non-hydrogen) atoms. The van der Waals surface area contributed by atoms with Crippen molar-refractivity contribution in [2.75, 3.05) is 10.6 Å². The second-order valence-corrected chi connectivity index (χ2v) is 7.15. The summed E-state index contributed by atoms with van der Waals surface area (Å²) in [5.41, 5.74) is 3.84. The van der Waals surface area contributed by atoms with Crippen LogP contribution in [0.15, 0.2) is 47.2 Å². The average molecular weight is 419 g/mol. The van der Waals surface area contributed by atoms with Crippen molar-refractivity contribution >= 4 is 23.2 Å². The minimum Gasteiger partial charge on any atom is -0.355 e. The van der Waals surface area contributed by atoms with E-state index in [1.165, 1.54) is 10.9 Å². The highest BCUT2D eigenvalue weighted by Gasteiger charge is 2.22. The normalized spacial score (nSPS) is 10.8. The molecule has 0 aliphatic rings. The van der Waals surface area contributed by atoms with Crippen molar-refractivity contribution in [3.63, 3.8) is 0 Å². The largest absolute Gasteiger partial charge is 0.355 e. The molecule has 0 spiro atoms. The number of hydrogen-bond acceptors (Lipinski definition) is 6. The van der Waals surface area contributed by atoms with Gasteiger partial charge in [-0.3, -0.25) is 19.0 Å². The van der Waals surface area contributed by atoms with Crippen molar-refractivity contribution < 1.29 is 14.1 Å². The van der Waals surface area contributed by atoms with Crippen LogP contribution >= 0.6 is 0 Å². The molecule has 3 heterocycles. The molecule has 0 fully saturated rings. The molecule has 3 aromatic heterocycles. The molecule has 10 nitrogen and oxygen atoms in total. The standard InChI is InChI=1S/C21H21N7O3/c1-12-5-7-14(8-6-12)18-9-15(26-31-18)20(29)25-17-11-23-28(4)19(17)21(30)24-16-10-22-27(3)13(16)2/h5-11H,1-4H3,(H,24,30)(H,25,29). The summed E-state index contributed by atoms with van der Waals surface area (Å²) >= 11 is 0. The Bertz CT molecular complexity index is 1260. The lowest BCUT2D eigenvalue weighted by Gasteiger charge is -2.08. The third-order valence-corrected chi connectivity index (χ3v) is 4.96. The van der Waals surface area contributed by atoms with E-state index in [2.05, 4.69) is 26.0 Å². The van der Waals surface area contributed by atoms with E-state index in [-0.39, 0.29) is 17.1 Å². The lowest BCUT2D eigenvalue weighted by Crippen LogP contribution is -2.20. The lowest BCUT2D eigenvalue weighted by atomic mass is 10.1. The summed E-state index contributed by atoms with van der Waals surface area (Å²) in [6.07, 6.45) is 2.97. The van der Waals surface area contributed by atoms with Crippen LogP contribution in [0.2, 0.25) is 0 Å². The summed E-state index contributed by atoms with van der Waals surface area (Å²) in [5.74, 6) is -0.463. The van der Waals surface area contributed by atoms with Gasteiger partial charge in [-0.05, 0) is 13.8 Å². The number of carbonyl (C=O) groups excluding carboxylic acids is 2. The summed E-state index contributed by atoms with van der Waals surface area (Å²) in [6.45, 7) is 3.82. The van der Waals surface area contributed by atoms with Gasteiger partial charge in [0.2, 0.25) is 0 Å². The van der Waals surface area contributed by atoms with Crippen LogP contribution in [0.25, 0.3) is 11.3 Å². The van der Waals surface area contributed by atoms with E-state index >= 15 is 0 Å². The second-order valence-electron chi connectivity index (χ2n) is 7.15. The summed E-state index contributed by atoms with van der Waals surface area (Å²) in [5, 5.41) is 17.5. The van der Waals surface area contributed by atoms with E-state index in [1.54, 1.807) is 31.0 Å². The Hall–Kier alpha value is -4.21. The average Bonchev–Trinajstić information content (AvgIpc) is 3.45. The Morgan fingerprint density at radius 2 is 1.55 bits per heavy atom.